The van der Waals surface area contributed by atoms with Gasteiger partial charge in [-0.25, -0.2) is 9.97 Å². The molecule has 3 aromatic rings. The molecule has 27 heavy (non-hydrogen) atoms. The van der Waals surface area contributed by atoms with Crippen LogP contribution in [0.5, 0.6) is 5.88 Å². The summed E-state index contributed by atoms with van der Waals surface area (Å²) in [7, 11) is 0. The van der Waals surface area contributed by atoms with Gasteiger partial charge in [0.25, 0.3) is 5.91 Å². The maximum atomic E-state index is 12.9. The van der Waals surface area contributed by atoms with E-state index in [-0.39, 0.29) is 12.5 Å². The first-order valence-electron chi connectivity index (χ1n) is 8.71. The number of anilines is 1. The number of hydrogen-bond donors (Lipinski definition) is 0. The molecule has 0 saturated heterocycles. The van der Waals surface area contributed by atoms with Gasteiger partial charge in [0, 0.05) is 21.2 Å². The Labute approximate surface area is 170 Å². The first-order chi connectivity index (χ1) is 13.1. The van der Waals surface area contributed by atoms with Crippen molar-refractivity contribution >= 4 is 50.2 Å². The number of hydrogen-bond acceptors (Lipinski definition) is 5. The number of para-hydroxylation sites is 1. The van der Waals surface area contributed by atoms with Gasteiger partial charge in [-0.05, 0) is 36.8 Å². The third-order valence-corrected chi connectivity index (χ3v) is 6.17. The standard InChI is InChI=1S/C20H18BrN3O2S/c1-13-8-9-24(17-4-2-3-5-18(17)27-13)19(25)11-26-20-15-10-14(21)6-7-16(15)22-12-23-20/h2-7,10,12-13H,8-9,11H2,1H3. The summed E-state index contributed by atoms with van der Waals surface area (Å²) in [5.74, 6) is 0.347. The zero-order chi connectivity index (χ0) is 18.8. The Morgan fingerprint density at radius 1 is 1.30 bits per heavy atom. The number of nitrogens with zero attached hydrogens (tertiary/aromatic N) is 3. The van der Waals surface area contributed by atoms with Crippen LogP contribution in [0.3, 0.4) is 0 Å². The minimum atomic E-state index is -0.0705. The summed E-state index contributed by atoms with van der Waals surface area (Å²) in [6.45, 7) is 2.81. The van der Waals surface area contributed by atoms with E-state index in [4.69, 9.17) is 4.74 Å². The van der Waals surface area contributed by atoms with E-state index in [9.17, 15) is 4.79 Å². The summed E-state index contributed by atoms with van der Waals surface area (Å²) in [4.78, 5) is 24.3. The van der Waals surface area contributed by atoms with Crippen LogP contribution in [0, 0.1) is 0 Å². The Morgan fingerprint density at radius 3 is 3.04 bits per heavy atom. The lowest BCUT2D eigenvalue weighted by molar-refractivity contribution is -0.120. The minimum Gasteiger partial charge on any atom is -0.467 e. The normalized spacial score (nSPS) is 16.7. The topological polar surface area (TPSA) is 55.3 Å². The first kappa shape index (κ1) is 18.3. The molecule has 0 aliphatic carbocycles. The number of amides is 1. The highest BCUT2D eigenvalue weighted by Gasteiger charge is 2.24. The van der Waals surface area contributed by atoms with Gasteiger partial charge in [-0.2, -0.15) is 0 Å². The van der Waals surface area contributed by atoms with Crippen molar-refractivity contribution in [3.8, 4) is 5.88 Å². The average molecular weight is 444 g/mol. The molecule has 1 aromatic heterocycles. The molecule has 0 bridgehead atoms. The van der Waals surface area contributed by atoms with Crippen molar-refractivity contribution in [1.29, 1.82) is 0 Å². The van der Waals surface area contributed by atoms with E-state index < -0.39 is 0 Å². The van der Waals surface area contributed by atoms with Crippen molar-refractivity contribution in [2.75, 3.05) is 18.1 Å². The van der Waals surface area contributed by atoms with E-state index in [0.717, 1.165) is 32.4 Å². The molecule has 1 unspecified atom stereocenters. The van der Waals surface area contributed by atoms with Gasteiger partial charge < -0.3 is 9.64 Å². The molecule has 0 spiro atoms. The Morgan fingerprint density at radius 2 is 2.15 bits per heavy atom. The molecule has 0 fully saturated rings. The highest BCUT2D eigenvalue weighted by Crippen LogP contribution is 2.37. The number of halogens is 1. The van der Waals surface area contributed by atoms with Crippen LogP contribution in [0.2, 0.25) is 0 Å². The third-order valence-electron chi connectivity index (χ3n) is 4.44. The first-order valence-corrected chi connectivity index (χ1v) is 10.4. The molecular weight excluding hydrogens is 426 g/mol. The predicted molar refractivity (Wildman–Crippen MR) is 111 cm³/mol. The maximum absolute atomic E-state index is 12.9. The summed E-state index contributed by atoms with van der Waals surface area (Å²) >= 11 is 5.26. The number of carbonyl (C=O) groups excluding carboxylic acids is 1. The monoisotopic (exact) mass is 443 g/mol. The van der Waals surface area contributed by atoms with Gasteiger partial charge in [-0.15, -0.1) is 11.8 Å². The Hall–Kier alpha value is -2.12. The van der Waals surface area contributed by atoms with Gasteiger partial charge in [0.1, 0.15) is 6.33 Å². The number of benzene rings is 2. The van der Waals surface area contributed by atoms with Crippen molar-refractivity contribution in [3.63, 3.8) is 0 Å². The third kappa shape index (κ3) is 3.94. The molecule has 1 aliphatic heterocycles. The maximum Gasteiger partial charge on any atom is 0.265 e. The molecule has 1 amide bonds. The molecule has 7 heteroatoms. The molecular formula is C20H18BrN3O2S. The van der Waals surface area contributed by atoms with Gasteiger partial charge in [0.05, 0.1) is 16.6 Å². The van der Waals surface area contributed by atoms with E-state index in [2.05, 4.69) is 38.9 Å². The van der Waals surface area contributed by atoms with Crippen LogP contribution < -0.4 is 9.64 Å². The zero-order valence-electron chi connectivity index (χ0n) is 14.8. The second kappa shape index (κ2) is 7.86. The van der Waals surface area contributed by atoms with Crippen molar-refractivity contribution in [2.45, 2.75) is 23.5 Å². The largest absolute Gasteiger partial charge is 0.467 e. The molecule has 0 N–H and O–H groups in total. The quantitative estimate of drug-likeness (QED) is 0.587. The number of aromatic nitrogens is 2. The van der Waals surface area contributed by atoms with Gasteiger partial charge >= 0.3 is 0 Å². The van der Waals surface area contributed by atoms with E-state index in [1.54, 1.807) is 0 Å². The summed E-state index contributed by atoms with van der Waals surface area (Å²) in [5, 5.41) is 1.24. The summed E-state index contributed by atoms with van der Waals surface area (Å²) in [6.07, 6.45) is 2.39. The minimum absolute atomic E-state index is 0.0635. The SMILES string of the molecule is CC1CCN(C(=O)COc2ncnc3ccc(Br)cc23)c2ccccc2S1. The zero-order valence-corrected chi connectivity index (χ0v) is 17.2. The van der Waals surface area contributed by atoms with Gasteiger partial charge in [-0.3, -0.25) is 4.79 Å². The number of rotatable bonds is 3. The van der Waals surface area contributed by atoms with E-state index >= 15 is 0 Å². The van der Waals surface area contributed by atoms with Gasteiger partial charge in [0.15, 0.2) is 6.61 Å². The van der Waals surface area contributed by atoms with E-state index in [1.165, 1.54) is 6.33 Å². The van der Waals surface area contributed by atoms with Crippen LogP contribution in [-0.2, 0) is 4.79 Å². The molecule has 1 atom stereocenters. The molecule has 0 radical (unpaired) electrons. The van der Waals surface area contributed by atoms with Crippen molar-refractivity contribution in [2.24, 2.45) is 0 Å². The fourth-order valence-corrected chi connectivity index (χ4v) is 4.55. The van der Waals surface area contributed by atoms with E-state index in [0.29, 0.717) is 17.7 Å². The lowest BCUT2D eigenvalue weighted by Crippen LogP contribution is -2.36. The number of ether oxygens (including phenoxy) is 1. The average Bonchev–Trinajstić information content (AvgIpc) is 2.84. The van der Waals surface area contributed by atoms with Crippen molar-refractivity contribution in [3.05, 3.63) is 53.3 Å². The van der Waals surface area contributed by atoms with Gasteiger partial charge in [-0.1, -0.05) is 35.0 Å². The van der Waals surface area contributed by atoms with E-state index in [1.807, 2.05) is 53.1 Å². The summed E-state index contributed by atoms with van der Waals surface area (Å²) in [6, 6.07) is 13.7. The van der Waals surface area contributed by atoms with Crippen LogP contribution in [0.25, 0.3) is 10.9 Å². The lowest BCUT2D eigenvalue weighted by atomic mass is 10.2. The van der Waals surface area contributed by atoms with Gasteiger partial charge in [0.2, 0.25) is 5.88 Å². The van der Waals surface area contributed by atoms with Crippen molar-refractivity contribution < 1.29 is 9.53 Å². The molecule has 2 aromatic carbocycles. The second-order valence-electron chi connectivity index (χ2n) is 6.36. The Bertz CT molecular complexity index is 998. The summed E-state index contributed by atoms with van der Waals surface area (Å²) in [5.41, 5.74) is 1.73. The molecule has 1 aliphatic rings. The number of fused-ring (bicyclic) bond motifs is 2. The Balaban J connectivity index is 1.56. The second-order valence-corrected chi connectivity index (χ2v) is 8.76. The fourth-order valence-electron chi connectivity index (χ4n) is 3.07. The van der Waals surface area contributed by atoms with Crippen LogP contribution in [0.4, 0.5) is 5.69 Å². The molecule has 138 valence electrons. The Kier molecular flexibility index (Phi) is 5.31. The van der Waals surface area contributed by atoms with Crippen LogP contribution >= 0.6 is 27.7 Å². The number of carbonyl (C=O) groups is 1. The smallest absolute Gasteiger partial charge is 0.265 e. The molecule has 2 heterocycles. The molecule has 5 nitrogen and oxygen atoms in total. The summed E-state index contributed by atoms with van der Waals surface area (Å²) < 4.78 is 6.71. The van der Waals surface area contributed by atoms with Crippen LogP contribution in [0.15, 0.2) is 58.2 Å². The van der Waals surface area contributed by atoms with Crippen LogP contribution in [-0.4, -0.2) is 34.3 Å². The van der Waals surface area contributed by atoms with Crippen molar-refractivity contribution in [1.82, 2.24) is 9.97 Å². The highest BCUT2D eigenvalue weighted by atomic mass is 79.9. The predicted octanol–water partition coefficient (Wildman–Crippen LogP) is 4.69. The van der Waals surface area contributed by atoms with Crippen LogP contribution in [0.1, 0.15) is 13.3 Å². The molecule has 4 rings (SSSR count). The fraction of sp³-hybridized carbons (Fsp3) is 0.250. The lowest BCUT2D eigenvalue weighted by Gasteiger charge is -2.22. The highest BCUT2D eigenvalue weighted by molar-refractivity contribution is 9.10. The molecule has 0 saturated carbocycles. The number of thioether (sulfide) groups is 1.